The summed E-state index contributed by atoms with van der Waals surface area (Å²) in [5.41, 5.74) is 0. The van der Waals surface area contributed by atoms with Gasteiger partial charge in [0.1, 0.15) is 48.8 Å². The Bertz CT molecular complexity index is 1370. The van der Waals surface area contributed by atoms with Crippen molar-refractivity contribution < 1.29 is 64.6 Å². The number of hydrogen-bond acceptors (Lipinski definition) is 13. The number of ether oxygens (including phenoxy) is 4. The van der Waals surface area contributed by atoms with E-state index in [1.807, 2.05) is 6.08 Å². The van der Waals surface area contributed by atoms with E-state index in [1.165, 1.54) is 205 Å². The maximum absolute atomic E-state index is 13.2. The molecule has 0 radical (unpaired) electrons. The second kappa shape index (κ2) is 48.2. The van der Waals surface area contributed by atoms with Crippen molar-refractivity contribution in [3.63, 3.8) is 0 Å². The number of unbranched alkanes of at least 4 members (excludes halogenated alkanes) is 36. The van der Waals surface area contributed by atoms with Crippen molar-refractivity contribution in [2.75, 3.05) is 19.8 Å². The first-order valence-corrected chi connectivity index (χ1v) is 31.6. The molecule has 1 amide bonds. The molecule has 0 aromatic carbocycles. The van der Waals surface area contributed by atoms with E-state index in [1.54, 1.807) is 6.08 Å². The van der Waals surface area contributed by atoms with Crippen LogP contribution in [0, 0.1) is 0 Å². The molecule has 448 valence electrons. The Hall–Kier alpha value is -1.53. The van der Waals surface area contributed by atoms with Crippen molar-refractivity contribution in [1.29, 1.82) is 0 Å². The Labute approximate surface area is 462 Å². The third-order valence-corrected chi connectivity index (χ3v) is 15.6. The van der Waals surface area contributed by atoms with Crippen LogP contribution >= 0.6 is 0 Å². The molecule has 0 aliphatic carbocycles. The van der Waals surface area contributed by atoms with Gasteiger partial charge in [-0.2, -0.15) is 0 Å². The van der Waals surface area contributed by atoms with Crippen LogP contribution in [-0.2, 0) is 23.7 Å². The summed E-state index contributed by atoms with van der Waals surface area (Å²) in [4.78, 5) is 13.2. The number of carbonyl (C=O) groups is 1. The summed E-state index contributed by atoms with van der Waals surface area (Å²) >= 11 is 0. The highest BCUT2D eigenvalue weighted by molar-refractivity contribution is 5.76. The molecule has 2 heterocycles. The van der Waals surface area contributed by atoms with Gasteiger partial charge in [-0.05, 0) is 32.1 Å². The van der Waals surface area contributed by atoms with E-state index < -0.39 is 86.8 Å². The van der Waals surface area contributed by atoms with Crippen LogP contribution in [0.25, 0.3) is 0 Å². The van der Waals surface area contributed by atoms with E-state index >= 15 is 0 Å². The Morgan fingerprint density at radius 3 is 1.29 bits per heavy atom. The molecule has 76 heavy (non-hydrogen) atoms. The SMILES string of the molecule is CCCCCC/C=C/CC/C=C/C(O)C(COC1OC(CO)C(OC2OC(CO)C(O)C(O)C2O)C(O)C1O)NC(=O)CCCCCCCCCCCCCCCCCCCCCCCCCCCCCCCCCC. The molecule has 0 saturated carbocycles. The van der Waals surface area contributed by atoms with Crippen LogP contribution in [0.15, 0.2) is 24.3 Å². The second-order valence-electron chi connectivity index (χ2n) is 22.5. The molecular weight excluding hydrogens is 967 g/mol. The lowest BCUT2D eigenvalue weighted by molar-refractivity contribution is -0.359. The summed E-state index contributed by atoms with van der Waals surface area (Å²) in [7, 11) is 0. The van der Waals surface area contributed by atoms with E-state index in [0.29, 0.717) is 12.8 Å². The zero-order valence-electron chi connectivity index (χ0n) is 48.3. The maximum Gasteiger partial charge on any atom is 0.220 e. The van der Waals surface area contributed by atoms with Gasteiger partial charge in [0.15, 0.2) is 12.6 Å². The fourth-order valence-corrected chi connectivity index (χ4v) is 10.5. The van der Waals surface area contributed by atoms with Gasteiger partial charge in [0.25, 0.3) is 0 Å². The van der Waals surface area contributed by atoms with Gasteiger partial charge in [0, 0.05) is 6.42 Å². The van der Waals surface area contributed by atoms with Gasteiger partial charge in [-0.25, -0.2) is 0 Å². The first-order chi connectivity index (χ1) is 37.1. The summed E-state index contributed by atoms with van der Waals surface area (Å²) in [6, 6.07) is -0.926. The van der Waals surface area contributed by atoms with Crippen LogP contribution in [0.4, 0.5) is 0 Å². The fraction of sp³-hybridized carbons (Fsp3) is 0.919. The Kier molecular flexibility index (Phi) is 44.8. The minimum Gasteiger partial charge on any atom is -0.394 e. The van der Waals surface area contributed by atoms with Crippen molar-refractivity contribution in [3.8, 4) is 0 Å². The molecule has 0 aromatic heterocycles. The molecule has 2 saturated heterocycles. The van der Waals surface area contributed by atoms with Gasteiger partial charge >= 0.3 is 0 Å². The number of rotatable bonds is 51. The van der Waals surface area contributed by atoms with Crippen molar-refractivity contribution >= 4 is 5.91 Å². The summed E-state index contributed by atoms with van der Waals surface area (Å²) in [6.45, 7) is 2.76. The van der Waals surface area contributed by atoms with Crippen LogP contribution in [0.2, 0.25) is 0 Å². The maximum atomic E-state index is 13.2. The van der Waals surface area contributed by atoms with E-state index in [4.69, 9.17) is 18.9 Å². The number of nitrogens with one attached hydrogen (secondary N) is 1. The Balaban J connectivity index is 1.60. The zero-order chi connectivity index (χ0) is 55.3. The molecule has 2 aliphatic heterocycles. The largest absolute Gasteiger partial charge is 0.394 e. The summed E-state index contributed by atoms with van der Waals surface area (Å²) in [5.74, 6) is -0.246. The second-order valence-corrected chi connectivity index (χ2v) is 22.5. The zero-order valence-corrected chi connectivity index (χ0v) is 48.3. The topological polar surface area (TPSA) is 228 Å². The monoisotopic (exact) mass is 1080 g/mol. The highest BCUT2D eigenvalue weighted by Gasteiger charge is 2.51. The van der Waals surface area contributed by atoms with Gasteiger partial charge in [-0.15, -0.1) is 0 Å². The molecule has 12 atom stereocenters. The van der Waals surface area contributed by atoms with Crippen LogP contribution in [0.3, 0.4) is 0 Å². The van der Waals surface area contributed by atoms with E-state index in [-0.39, 0.29) is 18.9 Å². The van der Waals surface area contributed by atoms with Crippen LogP contribution < -0.4 is 5.32 Å². The molecule has 2 aliphatic rings. The van der Waals surface area contributed by atoms with E-state index in [9.17, 15) is 45.6 Å². The van der Waals surface area contributed by atoms with Gasteiger partial charge in [-0.3, -0.25) is 4.79 Å². The van der Waals surface area contributed by atoms with Crippen LogP contribution in [0.5, 0.6) is 0 Å². The lowest BCUT2D eigenvalue weighted by Crippen LogP contribution is -2.65. The first-order valence-electron chi connectivity index (χ1n) is 31.6. The number of amides is 1. The fourth-order valence-electron chi connectivity index (χ4n) is 10.5. The van der Waals surface area contributed by atoms with Gasteiger partial charge in [0.2, 0.25) is 5.91 Å². The molecule has 0 bridgehead atoms. The summed E-state index contributed by atoms with van der Waals surface area (Å²) < 4.78 is 22.7. The third kappa shape index (κ3) is 33.3. The lowest BCUT2D eigenvalue weighted by Gasteiger charge is -2.46. The Morgan fingerprint density at radius 2 is 0.842 bits per heavy atom. The van der Waals surface area contributed by atoms with Gasteiger partial charge in [0.05, 0.1) is 32.0 Å². The van der Waals surface area contributed by atoms with Crippen LogP contribution in [-0.4, -0.2) is 140 Å². The van der Waals surface area contributed by atoms with E-state index in [2.05, 4.69) is 31.3 Å². The van der Waals surface area contributed by atoms with Crippen molar-refractivity contribution in [2.45, 2.75) is 344 Å². The number of allylic oxidation sites excluding steroid dienone is 3. The molecule has 14 nitrogen and oxygen atoms in total. The molecule has 2 fully saturated rings. The lowest BCUT2D eigenvalue weighted by atomic mass is 9.97. The van der Waals surface area contributed by atoms with Gasteiger partial charge in [-0.1, -0.05) is 256 Å². The molecule has 0 spiro atoms. The van der Waals surface area contributed by atoms with Crippen molar-refractivity contribution in [1.82, 2.24) is 5.32 Å². The minimum atomic E-state index is -1.79. The predicted octanol–water partition coefficient (Wildman–Crippen LogP) is 11.2. The highest BCUT2D eigenvalue weighted by Crippen LogP contribution is 2.30. The predicted molar refractivity (Wildman–Crippen MR) is 305 cm³/mol. The number of aliphatic hydroxyl groups excluding tert-OH is 8. The summed E-state index contributed by atoms with van der Waals surface area (Å²) in [5, 5.41) is 86.8. The molecule has 12 unspecified atom stereocenters. The molecular formula is C62H117NO13. The van der Waals surface area contributed by atoms with Gasteiger partial charge < -0.3 is 65.1 Å². The smallest absolute Gasteiger partial charge is 0.220 e. The first kappa shape index (κ1) is 70.6. The number of aliphatic hydroxyl groups is 8. The highest BCUT2D eigenvalue weighted by atomic mass is 16.7. The Morgan fingerprint density at radius 1 is 0.461 bits per heavy atom. The summed E-state index contributed by atoms with van der Waals surface area (Å²) in [6.07, 6.45) is 41.3. The minimum absolute atomic E-state index is 0.246. The van der Waals surface area contributed by atoms with E-state index in [0.717, 1.165) is 32.1 Å². The van der Waals surface area contributed by atoms with Crippen molar-refractivity contribution in [3.05, 3.63) is 24.3 Å². The standard InChI is InChI=1S/C62H117NO13/c1-3-5-7-9-11-13-15-16-17-18-19-20-21-22-23-24-25-26-27-28-29-30-31-32-33-34-35-36-38-40-42-44-46-54(67)63-50(51(66)45-43-41-39-37-14-12-10-8-6-4-2)49-73-61-59(72)57(70)60(53(48-65)75-61)76-62-58(71)56(69)55(68)52(47-64)74-62/h14,37,43,45,50-53,55-62,64-66,68-72H,3-13,15-36,38-42,44,46-49H2,1-2H3,(H,63,67)/b37-14+,45-43+. The molecule has 2 rings (SSSR count). The number of carbonyl (C=O) groups excluding carboxylic acids is 1. The average molecular weight is 1080 g/mol. The van der Waals surface area contributed by atoms with Crippen LogP contribution in [0.1, 0.15) is 271 Å². The molecule has 9 N–H and O–H groups in total. The normalized spacial score (nSPS) is 25.0. The molecule has 0 aromatic rings. The quantitative estimate of drug-likeness (QED) is 0.0204. The molecule has 14 heteroatoms. The average Bonchev–Trinajstić information content (AvgIpc) is 3.42. The third-order valence-electron chi connectivity index (χ3n) is 15.6. The van der Waals surface area contributed by atoms with Crippen molar-refractivity contribution in [2.24, 2.45) is 0 Å². The number of hydrogen-bond donors (Lipinski definition) is 9.